The molecule has 2 aromatic heterocycles. The fourth-order valence-electron chi connectivity index (χ4n) is 2.60. The maximum absolute atomic E-state index is 12.2. The highest BCUT2D eigenvalue weighted by molar-refractivity contribution is 7.17. The lowest BCUT2D eigenvalue weighted by Gasteiger charge is -2.12. The molecule has 0 spiro atoms. The van der Waals surface area contributed by atoms with Gasteiger partial charge in [-0.2, -0.15) is 0 Å². The number of carbonyl (C=O) groups excluding carboxylic acids is 1. The third kappa shape index (κ3) is 1.86. The second-order valence-corrected chi connectivity index (χ2v) is 5.66. The Bertz CT molecular complexity index is 549. The predicted octanol–water partition coefficient (Wildman–Crippen LogP) is 2.91. The van der Waals surface area contributed by atoms with Crippen molar-refractivity contribution in [2.45, 2.75) is 31.7 Å². The molecule has 1 N–H and O–H groups in total. The molecule has 1 aliphatic carbocycles. The van der Waals surface area contributed by atoms with E-state index in [0.29, 0.717) is 6.04 Å². The van der Waals surface area contributed by atoms with Gasteiger partial charge in [-0.05, 0) is 30.4 Å². The highest BCUT2D eigenvalue weighted by Gasteiger charge is 2.20. The minimum Gasteiger partial charge on any atom is -0.348 e. The van der Waals surface area contributed by atoms with Crippen LogP contribution in [0.4, 0.5) is 0 Å². The maximum Gasteiger partial charge on any atom is 0.268 e. The van der Waals surface area contributed by atoms with Gasteiger partial charge in [-0.3, -0.25) is 4.79 Å². The fraction of sp³-hybridized carbons (Fsp3) is 0.462. The van der Waals surface area contributed by atoms with Crippen molar-refractivity contribution in [2.24, 2.45) is 7.05 Å². The van der Waals surface area contributed by atoms with E-state index < -0.39 is 0 Å². The van der Waals surface area contributed by atoms with Crippen LogP contribution in [0.25, 0.3) is 10.2 Å². The number of fused-ring (bicyclic) bond motifs is 1. The molecule has 0 radical (unpaired) electrons. The van der Waals surface area contributed by atoms with Crippen molar-refractivity contribution in [1.29, 1.82) is 0 Å². The second kappa shape index (κ2) is 4.18. The first-order valence-electron chi connectivity index (χ1n) is 6.09. The number of hydrogen-bond acceptors (Lipinski definition) is 2. The normalized spacial score (nSPS) is 16.8. The molecule has 0 aromatic carbocycles. The molecule has 2 heterocycles. The maximum atomic E-state index is 12.2. The third-order valence-corrected chi connectivity index (χ3v) is 4.44. The molecule has 1 fully saturated rings. The van der Waals surface area contributed by atoms with Crippen molar-refractivity contribution in [3.05, 3.63) is 23.2 Å². The summed E-state index contributed by atoms with van der Waals surface area (Å²) in [4.78, 5) is 12.2. The Morgan fingerprint density at radius 1 is 1.47 bits per heavy atom. The van der Waals surface area contributed by atoms with Crippen LogP contribution in [0.5, 0.6) is 0 Å². The summed E-state index contributed by atoms with van der Waals surface area (Å²) >= 11 is 1.68. The van der Waals surface area contributed by atoms with Gasteiger partial charge >= 0.3 is 0 Å². The van der Waals surface area contributed by atoms with Crippen LogP contribution >= 0.6 is 11.3 Å². The molecular formula is C13H16N2OS. The van der Waals surface area contributed by atoms with Crippen LogP contribution in [0, 0.1) is 0 Å². The summed E-state index contributed by atoms with van der Waals surface area (Å²) in [5.41, 5.74) is 1.92. The van der Waals surface area contributed by atoms with Gasteiger partial charge in [0.15, 0.2) is 0 Å². The Balaban J connectivity index is 1.84. The summed E-state index contributed by atoms with van der Waals surface area (Å²) in [6.07, 6.45) is 4.75. The molecular weight excluding hydrogens is 232 g/mol. The van der Waals surface area contributed by atoms with Gasteiger partial charge in [0.2, 0.25) is 0 Å². The summed E-state index contributed by atoms with van der Waals surface area (Å²) in [5.74, 6) is 0.0720. The minimum atomic E-state index is 0.0720. The molecule has 0 saturated heterocycles. The smallest absolute Gasteiger partial charge is 0.268 e. The first-order valence-corrected chi connectivity index (χ1v) is 6.97. The molecule has 1 aliphatic rings. The molecule has 4 heteroatoms. The lowest BCUT2D eigenvalue weighted by atomic mass is 10.2. The number of nitrogens with one attached hydrogen (secondary N) is 1. The fourth-order valence-corrected chi connectivity index (χ4v) is 3.45. The Morgan fingerprint density at radius 3 is 2.94 bits per heavy atom. The molecule has 3 rings (SSSR count). The zero-order chi connectivity index (χ0) is 11.8. The quantitative estimate of drug-likeness (QED) is 0.871. The van der Waals surface area contributed by atoms with E-state index in [0.717, 1.165) is 24.1 Å². The number of aryl methyl sites for hydroxylation is 1. The second-order valence-electron chi connectivity index (χ2n) is 4.71. The van der Waals surface area contributed by atoms with Crippen molar-refractivity contribution in [2.75, 3.05) is 0 Å². The van der Waals surface area contributed by atoms with Crippen LogP contribution in [0.15, 0.2) is 17.5 Å². The number of aromatic nitrogens is 1. The van der Waals surface area contributed by atoms with Crippen molar-refractivity contribution in [3.63, 3.8) is 0 Å². The van der Waals surface area contributed by atoms with Crippen LogP contribution < -0.4 is 5.32 Å². The summed E-state index contributed by atoms with van der Waals surface area (Å²) in [6.45, 7) is 0. The minimum absolute atomic E-state index is 0.0720. The van der Waals surface area contributed by atoms with E-state index in [9.17, 15) is 4.79 Å². The number of carbonyl (C=O) groups is 1. The standard InChI is InChI=1S/C13H16N2OS/c1-15-10-6-7-17-12(10)8-11(15)13(16)14-9-4-2-3-5-9/h6-9H,2-5H2,1H3,(H,14,16). The number of rotatable bonds is 2. The van der Waals surface area contributed by atoms with Crippen LogP contribution in [-0.2, 0) is 7.05 Å². The van der Waals surface area contributed by atoms with Gasteiger partial charge in [0, 0.05) is 13.1 Å². The van der Waals surface area contributed by atoms with Crippen LogP contribution in [0.3, 0.4) is 0 Å². The van der Waals surface area contributed by atoms with Crippen molar-refractivity contribution >= 4 is 27.5 Å². The molecule has 90 valence electrons. The number of nitrogens with zero attached hydrogens (tertiary/aromatic N) is 1. The Kier molecular flexibility index (Phi) is 2.67. The summed E-state index contributed by atoms with van der Waals surface area (Å²) in [7, 11) is 1.96. The molecule has 0 bridgehead atoms. The average Bonchev–Trinajstić information content (AvgIpc) is 2.97. The van der Waals surface area contributed by atoms with Crippen LogP contribution in [-0.4, -0.2) is 16.5 Å². The summed E-state index contributed by atoms with van der Waals surface area (Å²) < 4.78 is 3.17. The SMILES string of the molecule is Cn1c(C(=O)NC2CCCC2)cc2sccc21. The first kappa shape index (κ1) is 10.8. The van der Waals surface area contributed by atoms with Crippen LogP contribution in [0.2, 0.25) is 0 Å². The first-order chi connectivity index (χ1) is 8.25. The molecule has 0 aliphatic heterocycles. The van der Waals surface area contributed by atoms with E-state index in [1.807, 2.05) is 17.7 Å². The van der Waals surface area contributed by atoms with Gasteiger partial charge in [-0.15, -0.1) is 11.3 Å². The third-order valence-electron chi connectivity index (χ3n) is 3.59. The lowest BCUT2D eigenvalue weighted by Crippen LogP contribution is -2.33. The Hall–Kier alpha value is -1.29. The predicted molar refractivity (Wildman–Crippen MR) is 70.5 cm³/mol. The van der Waals surface area contributed by atoms with E-state index in [2.05, 4.69) is 16.8 Å². The van der Waals surface area contributed by atoms with E-state index in [1.54, 1.807) is 11.3 Å². The molecule has 17 heavy (non-hydrogen) atoms. The largest absolute Gasteiger partial charge is 0.348 e. The van der Waals surface area contributed by atoms with Gasteiger partial charge in [0.1, 0.15) is 5.69 Å². The Morgan fingerprint density at radius 2 is 2.24 bits per heavy atom. The van der Waals surface area contributed by atoms with E-state index in [4.69, 9.17) is 0 Å². The highest BCUT2D eigenvalue weighted by atomic mass is 32.1. The molecule has 0 unspecified atom stereocenters. The topological polar surface area (TPSA) is 34.0 Å². The van der Waals surface area contributed by atoms with E-state index in [1.165, 1.54) is 17.5 Å². The van der Waals surface area contributed by atoms with Gasteiger partial charge in [-0.25, -0.2) is 0 Å². The Labute approximate surface area is 104 Å². The number of amides is 1. The van der Waals surface area contributed by atoms with Crippen LogP contribution in [0.1, 0.15) is 36.2 Å². The van der Waals surface area contributed by atoms with E-state index in [-0.39, 0.29) is 5.91 Å². The average molecular weight is 248 g/mol. The molecule has 0 atom stereocenters. The molecule has 2 aromatic rings. The van der Waals surface area contributed by atoms with Crippen molar-refractivity contribution < 1.29 is 4.79 Å². The van der Waals surface area contributed by atoms with Gasteiger partial charge in [0.05, 0.1) is 10.2 Å². The van der Waals surface area contributed by atoms with Gasteiger partial charge < -0.3 is 9.88 Å². The van der Waals surface area contributed by atoms with Gasteiger partial charge in [-0.1, -0.05) is 12.8 Å². The number of hydrogen-bond donors (Lipinski definition) is 1. The van der Waals surface area contributed by atoms with E-state index >= 15 is 0 Å². The number of thiophene rings is 1. The molecule has 1 amide bonds. The summed E-state index contributed by atoms with van der Waals surface area (Å²) in [5, 5.41) is 5.19. The zero-order valence-corrected chi connectivity index (χ0v) is 10.7. The lowest BCUT2D eigenvalue weighted by molar-refractivity contribution is 0.0930. The molecule has 3 nitrogen and oxygen atoms in total. The monoisotopic (exact) mass is 248 g/mol. The van der Waals surface area contributed by atoms with Crippen molar-refractivity contribution in [1.82, 2.24) is 9.88 Å². The summed E-state index contributed by atoms with van der Waals surface area (Å²) in [6, 6.07) is 4.44. The zero-order valence-electron chi connectivity index (χ0n) is 9.90. The molecule has 1 saturated carbocycles. The highest BCUT2D eigenvalue weighted by Crippen LogP contribution is 2.24. The van der Waals surface area contributed by atoms with Crippen molar-refractivity contribution in [3.8, 4) is 0 Å². The van der Waals surface area contributed by atoms with Gasteiger partial charge in [0.25, 0.3) is 5.91 Å².